The quantitative estimate of drug-likeness (QED) is 0.678. The van der Waals surface area contributed by atoms with Gasteiger partial charge in [0.25, 0.3) is 5.91 Å². The molecule has 0 spiro atoms. The van der Waals surface area contributed by atoms with Gasteiger partial charge in [-0.2, -0.15) is 0 Å². The molecule has 0 aliphatic rings. The third kappa shape index (κ3) is 4.91. The standard InChI is InChI=1S/C21H18FN3O3/c1-14(26)24-16-8-10-17(11-9-16)25-20(27)18-6-4-12-23-21(18)28-13-15-5-2-3-7-19(15)22/h2-12H,13H2,1H3,(H,24,26)(H,25,27). The molecule has 0 unspecified atom stereocenters. The molecule has 7 heteroatoms. The van der Waals surface area contributed by atoms with Gasteiger partial charge in [-0.05, 0) is 42.5 Å². The highest BCUT2D eigenvalue weighted by atomic mass is 19.1. The van der Waals surface area contributed by atoms with Gasteiger partial charge in [0, 0.05) is 30.1 Å². The van der Waals surface area contributed by atoms with Crippen LogP contribution in [-0.2, 0) is 11.4 Å². The number of nitrogens with zero attached hydrogens (tertiary/aromatic N) is 1. The molecule has 0 aliphatic carbocycles. The molecule has 6 nitrogen and oxygen atoms in total. The normalized spacial score (nSPS) is 10.2. The molecular formula is C21H18FN3O3. The Morgan fingerprint density at radius 1 is 0.964 bits per heavy atom. The third-order valence-corrected chi connectivity index (χ3v) is 3.80. The van der Waals surface area contributed by atoms with Crippen molar-refractivity contribution in [3.8, 4) is 5.88 Å². The minimum Gasteiger partial charge on any atom is -0.472 e. The van der Waals surface area contributed by atoms with Gasteiger partial charge in [-0.1, -0.05) is 18.2 Å². The van der Waals surface area contributed by atoms with Crippen LogP contribution in [0.4, 0.5) is 15.8 Å². The molecule has 0 atom stereocenters. The van der Waals surface area contributed by atoms with E-state index in [1.165, 1.54) is 19.2 Å². The molecule has 1 aromatic heterocycles. The van der Waals surface area contributed by atoms with Crippen molar-refractivity contribution in [2.45, 2.75) is 13.5 Å². The van der Waals surface area contributed by atoms with Crippen molar-refractivity contribution in [1.82, 2.24) is 4.98 Å². The van der Waals surface area contributed by atoms with Crippen molar-refractivity contribution >= 4 is 23.2 Å². The minimum atomic E-state index is -0.413. The number of anilines is 2. The number of hydrogen-bond donors (Lipinski definition) is 2. The predicted molar refractivity (Wildman–Crippen MR) is 104 cm³/mol. The second-order valence-corrected chi connectivity index (χ2v) is 5.95. The van der Waals surface area contributed by atoms with Gasteiger partial charge in [-0.15, -0.1) is 0 Å². The van der Waals surface area contributed by atoms with E-state index in [2.05, 4.69) is 15.6 Å². The lowest BCUT2D eigenvalue weighted by molar-refractivity contribution is -0.114. The van der Waals surface area contributed by atoms with Crippen LogP contribution >= 0.6 is 0 Å². The van der Waals surface area contributed by atoms with E-state index >= 15 is 0 Å². The van der Waals surface area contributed by atoms with E-state index in [-0.39, 0.29) is 29.8 Å². The maximum Gasteiger partial charge on any atom is 0.261 e. The Morgan fingerprint density at radius 2 is 1.64 bits per heavy atom. The fourth-order valence-electron chi connectivity index (χ4n) is 2.48. The zero-order valence-corrected chi connectivity index (χ0v) is 15.1. The largest absolute Gasteiger partial charge is 0.472 e. The van der Waals surface area contributed by atoms with Crippen molar-refractivity contribution in [3.63, 3.8) is 0 Å². The summed E-state index contributed by atoms with van der Waals surface area (Å²) in [7, 11) is 0. The van der Waals surface area contributed by atoms with Gasteiger partial charge < -0.3 is 15.4 Å². The Kier molecular flexibility index (Phi) is 5.96. The van der Waals surface area contributed by atoms with Crippen LogP contribution in [0, 0.1) is 5.82 Å². The van der Waals surface area contributed by atoms with E-state index in [1.807, 2.05) is 0 Å². The zero-order chi connectivity index (χ0) is 19.9. The molecule has 2 amide bonds. The van der Waals surface area contributed by atoms with Crippen LogP contribution in [0.3, 0.4) is 0 Å². The van der Waals surface area contributed by atoms with Crippen LogP contribution in [-0.4, -0.2) is 16.8 Å². The SMILES string of the molecule is CC(=O)Nc1ccc(NC(=O)c2cccnc2OCc2ccccc2F)cc1. The Labute approximate surface area is 161 Å². The Hall–Kier alpha value is -3.74. The van der Waals surface area contributed by atoms with E-state index in [0.717, 1.165) is 0 Å². The van der Waals surface area contributed by atoms with Crippen LogP contribution in [0.25, 0.3) is 0 Å². The van der Waals surface area contributed by atoms with Gasteiger partial charge >= 0.3 is 0 Å². The van der Waals surface area contributed by atoms with Crippen molar-refractivity contribution < 1.29 is 18.7 Å². The number of hydrogen-bond acceptors (Lipinski definition) is 4. The summed E-state index contributed by atoms with van der Waals surface area (Å²) in [6, 6.07) is 16.1. The number of pyridine rings is 1. The lowest BCUT2D eigenvalue weighted by atomic mass is 10.2. The van der Waals surface area contributed by atoms with Crippen molar-refractivity contribution in [2.24, 2.45) is 0 Å². The molecule has 3 rings (SSSR count). The monoisotopic (exact) mass is 379 g/mol. The summed E-state index contributed by atoms with van der Waals surface area (Å²) >= 11 is 0. The number of aromatic nitrogens is 1. The first-order chi connectivity index (χ1) is 13.5. The average Bonchev–Trinajstić information content (AvgIpc) is 2.69. The van der Waals surface area contributed by atoms with E-state index in [9.17, 15) is 14.0 Å². The summed E-state index contributed by atoms with van der Waals surface area (Å²) in [6.45, 7) is 1.37. The second kappa shape index (κ2) is 8.77. The molecule has 0 bridgehead atoms. The van der Waals surface area contributed by atoms with E-state index in [4.69, 9.17) is 4.74 Å². The van der Waals surface area contributed by atoms with Crippen LogP contribution < -0.4 is 15.4 Å². The first-order valence-electron chi connectivity index (χ1n) is 8.53. The first-order valence-corrected chi connectivity index (χ1v) is 8.53. The minimum absolute atomic E-state index is 0.0463. The Bertz CT molecular complexity index is 990. The lowest BCUT2D eigenvalue weighted by Crippen LogP contribution is -2.14. The highest BCUT2D eigenvalue weighted by Gasteiger charge is 2.14. The number of halogens is 1. The van der Waals surface area contributed by atoms with Crippen molar-refractivity contribution in [2.75, 3.05) is 10.6 Å². The molecule has 2 aromatic carbocycles. The average molecular weight is 379 g/mol. The lowest BCUT2D eigenvalue weighted by Gasteiger charge is -2.11. The molecule has 2 N–H and O–H groups in total. The number of rotatable bonds is 6. The number of benzene rings is 2. The molecule has 1 heterocycles. The number of ether oxygens (including phenoxy) is 1. The van der Waals surface area contributed by atoms with Gasteiger partial charge in [0.05, 0.1) is 0 Å². The number of carbonyl (C=O) groups is 2. The molecule has 28 heavy (non-hydrogen) atoms. The number of carbonyl (C=O) groups excluding carboxylic acids is 2. The van der Waals surface area contributed by atoms with Crippen LogP contribution in [0.15, 0.2) is 66.9 Å². The van der Waals surface area contributed by atoms with Crippen LogP contribution in [0.2, 0.25) is 0 Å². The molecule has 142 valence electrons. The van der Waals surface area contributed by atoms with Gasteiger partial charge in [0.2, 0.25) is 11.8 Å². The summed E-state index contributed by atoms with van der Waals surface area (Å²) in [6.07, 6.45) is 1.50. The molecule has 0 fully saturated rings. The molecule has 0 saturated heterocycles. The summed E-state index contributed by atoms with van der Waals surface area (Å²) in [5, 5.41) is 5.39. The second-order valence-electron chi connectivity index (χ2n) is 5.95. The fourth-order valence-corrected chi connectivity index (χ4v) is 2.48. The summed E-state index contributed by atoms with van der Waals surface area (Å²) in [4.78, 5) is 27.7. The van der Waals surface area contributed by atoms with Gasteiger partial charge in [0.1, 0.15) is 18.0 Å². The van der Waals surface area contributed by atoms with E-state index in [0.29, 0.717) is 16.9 Å². The van der Waals surface area contributed by atoms with E-state index < -0.39 is 5.91 Å². The van der Waals surface area contributed by atoms with Gasteiger partial charge in [0.15, 0.2) is 0 Å². The topological polar surface area (TPSA) is 80.3 Å². The molecule has 0 radical (unpaired) electrons. The fraction of sp³-hybridized carbons (Fsp3) is 0.0952. The highest BCUT2D eigenvalue weighted by molar-refractivity contribution is 6.05. The van der Waals surface area contributed by atoms with Crippen molar-refractivity contribution in [3.05, 3.63) is 83.8 Å². The smallest absolute Gasteiger partial charge is 0.261 e. The first kappa shape index (κ1) is 19.0. The third-order valence-electron chi connectivity index (χ3n) is 3.80. The molecule has 3 aromatic rings. The number of amides is 2. The molecule has 0 saturated carbocycles. The van der Waals surface area contributed by atoms with Crippen LogP contribution in [0.1, 0.15) is 22.8 Å². The predicted octanol–water partition coefficient (Wildman–Crippen LogP) is 4.01. The molecule has 0 aliphatic heterocycles. The zero-order valence-electron chi connectivity index (χ0n) is 15.1. The highest BCUT2D eigenvalue weighted by Crippen LogP contribution is 2.20. The summed E-state index contributed by atoms with van der Waals surface area (Å²) in [5.41, 5.74) is 1.77. The van der Waals surface area contributed by atoms with Gasteiger partial charge in [-0.25, -0.2) is 9.37 Å². The Morgan fingerprint density at radius 3 is 2.32 bits per heavy atom. The number of nitrogens with one attached hydrogen (secondary N) is 2. The summed E-state index contributed by atoms with van der Waals surface area (Å²) in [5.74, 6) is -0.866. The van der Waals surface area contributed by atoms with Crippen LogP contribution in [0.5, 0.6) is 5.88 Å². The van der Waals surface area contributed by atoms with E-state index in [1.54, 1.807) is 54.6 Å². The summed E-state index contributed by atoms with van der Waals surface area (Å²) < 4.78 is 19.3. The maximum atomic E-state index is 13.7. The van der Waals surface area contributed by atoms with Gasteiger partial charge in [-0.3, -0.25) is 9.59 Å². The van der Waals surface area contributed by atoms with Crippen molar-refractivity contribution in [1.29, 1.82) is 0 Å². The Balaban J connectivity index is 1.70. The molecular weight excluding hydrogens is 361 g/mol. The maximum absolute atomic E-state index is 13.7.